The fourth-order valence-corrected chi connectivity index (χ4v) is 3.25. The molecule has 0 radical (unpaired) electrons. The van der Waals surface area contributed by atoms with Crippen LogP contribution < -0.4 is 5.32 Å². The quantitative estimate of drug-likeness (QED) is 0.336. The van der Waals surface area contributed by atoms with Gasteiger partial charge in [-0.25, -0.2) is 0 Å². The molecular formula is C21H37NO6. The smallest absolute Gasteiger partial charge is 0.309 e. The molecule has 0 bridgehead atoms. The fourth-order valence-electron chi connectivity index (χ4n) is 3.25. The Balaban J connectivity index is 2.57. The van der Waals surface area contributed by atoms with Crippen LogP contribution in [0.5, 0.6) is 0 Å². The van der Waals surface area contributed by atoms with Crippen LogP contribution in [-0.4, -0.2) is 57.2 Å². The highest BCUT2D eigenvalue weighted by atomic mass is 16.6. The number of Topliss-reactive ketones (excluding diaryl/α,β-unsaturated/α-hetero) is 1. The molecule has 7 nitrogen and oxygen atoms in total. The standard InChI is InChI=1S/C21H37NO6/c1-5-17(16(3)23)14-18(21(25)28-12-11-27-10-9-26-4)13-15(2)20(24)22-19-7-6-8-19/h15,17-19H,5-14H2,1-4H3,(H,22,24). The maximum atomic E-state index is 12.6. The number of amides is 1. The summed E-state index contributed by atoms with van der Waals surface area (Å²) in [5.41, 5.74) is 0. The van der Waals surface area contributed by atoms with Crippen LogP contribution in [0.3, 0.4) is 0 Å². The van der Waals surface area contributed by atoms with Crippen molar-refractivity contribution in [3.05, 3.63) is 0 Å². The minimum absolute atomic E-state index is 0.0266. The van der Waals surface area contributed by atoms with Gasteiger partial charge in [-0.2, -0.15) is 0 Å². The second-order valence-electron chi connectivity index (χ2n) is 7.69. The van der Waals surface area contributed by atoms with E-state index in [-0.39, 0.29) is 42.1 Å². The van der Waals surface area contributed by atoms with Crippen LogP contribution in [0.15, 0.2) is 0 Å². The van der Waals surface area contributed by atoms with Crippen LogP contribution in [0, 0.1) is 17.8 Å². The van der Waals surface area contributed by atoms with E-state index in [0.717, 1.165) is 19.3 Å². The number of nitrogens with one attached hydrogen (secondary N) is 1. The molecule has 1 fully saturated rings. The van der Waals surface area contributed by atoms with E-state index in [4.69, 9.17) is 14.2 Å². The number of rotatable bonds is 15. The van der Waals surface area contributed by atoms with Crippen molar-refractivity contribution < 1.29 is 28.6 Å². The summed E-state index contributed by atoms with van der Waals surface area (Å²) in [7, 11) is 1.59. The van der Waals surface area contributed by atoms with Gasteiger partial charge in [0.1, 0.15) is 12.4 Å². The van der Waals surface area contributed by atoms with Crippen molar-refractivity contribution in [1.82, 2.24) is 5.32 Å². The summed E-state index contributed by atoms with van der Waals surface area (Å²) in [6, 6.07) is 0.269. The number of hydrogen-bond donors (Lipinski definition) is 1. The highest BCUT2D eigenvalue weighted by molar-refractivity contribution is 5.81. The Bertz CT molecular complexity index is 491. The Hall–Kier alpha value is -1.47. The monoisotopic (exact) mass is 399 g/mol. The molecule has 28 heavy (non-hydrogen) atoms. The highest BCUT2D eigenvalue weighted by Gasteiger charge is 2.30. The van der Waals surface area contributed by atoms with Gasteiger partial charge in [0.05, 0.1) is 25.7 Å². The lowest BCUT2D eigenvalue weighted by atomic mass is 9.84. The van der Waals surface area contributed by atoms with Gasteiger partial charge in [-0.05, 0) is 45.4 Å². The van der Waals surface area contributed by atoms with Gasteiger partial charge in [-0.3, -0.25) is 14.4 Å². The zero-order valence-electron chi connectivity index (χ0n) is 17.8. The molecule has 1 amide bonds. The SMILES string of the molecule is CCC(CC(CC(C)C(=O)NC1CCC1)C(=O)OCCOCCOC)C(C)=O. The Labute approximate surface area is 168 Å². The minimum Gasteiger partial charge on any atom is -0.463 e. The second kappa shape index (κ2) is 13.7. The highest BCUT2D eigenvalue weighted by Crippen LogP contribution is 2.25. The molecule has 0 spiro atoms. The Morgan fingerprint density at radius 3 is 2.25 bits per heavy atom. The summed E-state index contributed by atoms with van der Waals surface area (Å²) in [5.74, 6) is -1.30. The lowest BCUT2D eigenvalue weighted by Crippen LogP contribution is -2.42. The van der Waals surface area contributed by atoms with E-state index in [0.29, 0.717) is 39.1 Å². The van der Waals surface area contributed by atoms with E-state index in [1.807, 2.05) is 13.8 Å². The molecule has 0 aromatic carbocycles. The molecule has 1 aliphatic rings. The van der Waals surface area contributed by atoms with Gasteiger partial charge >= 0.3 is 5.97 Å². The van der Waals surface area contributed by atoms with Gasteiger partial charge in [0, 0.05) is 25.0 Å². The largest absolute Gasteiger partial charge is 0.463 e. The number of hydrogen-bond acceptors (Lipinski definition) is 6. The minimum atomic E-state index is -0.477. The van der Waals surface area contributed by atoms with Crippen molar-refractivity contribution in [1.29, 1.82) is 0 Å². The van der Waals surface area contributed by atoms with Crippen molar-refractivity contribution >= 4 is 17.7 Å². The van der Waals surface area contributed by atoms with Gasteiger partial charge in [0.15, 0.2) is 0 Å². The lowest BCUT2D eigenvalue weighted by Gasteiger charge is -2.29. The summed E-state index contributed by atoms with van der Waals surface area (Å²) < 4.78 is 15.6. The number of carbonyl (C=O) groups excluding carboxylic acids is 3. The second-order valence-corrected chi connectivity index (χ2v) is 7.69. The normalized spacial score (nSPS) is 17.3. The van der Waals surface area contributed by atoms with Gasteiger partial charge in [0.25, 0.3) is 0 Å². The van der Waals surface area contributed by atoms with Gasteiger partial charge in [-0.1, -0.05) is 13.8 Å². The molecule has 1 N–H and O–H groups in total. The van der Waals surface area contributed by atoms with Crippen molar-refractivity contribution in [3.63, 3.8) is 0 Å². The first-order valence-electron chi connectivity index (χ1n) is 10.4. The fraction of sp³-hybridized carbons (Fsp3) is 0.857. The number of methoxy groups -OCH3 is 1. The van der Waals surface area contributed by atoms with Crippen molar-refractivity contribution in [2.24, 2.45) is 17.8 Å². The van der Waals surface area contributed by atoms with E-state index in [2.05, 4.69) is 5.32 Å². The molecule has 0 aromatic rings. The number of esters is 1. The average molecular weight is 400 g/mol. The summed E-state index contributed by atoms with van der Waals surface area (Å²) in [5, 5.41) is 3.03. The predicted molar refractivity (Wildman–Crippen MR) is 106 cm³/mol. The molecule has 3 atom stereocenters. The van der Waals surface area contributed by atoms with E-state index < -0.39 is 5.92 Å². The molecule has 7 heteroatoms. The molecule has 0 aliphatic heterocycles. The third-order valence-electron chi connectivity index (χ3n) is 5.41. The molecule has 1 rings (SSSR count). The number of carbonyl (C=O) groups is 3. The van der Waals surface area contributed by atoms with E-state index in [9.17, 15) is 14.4 Å². The van der Waals surface area contributed by atoms with Gasteiger partial charge in [0.2, 0.25) is 5.91 Å². The Kier molecular flexibility index (Phi) is 12.0. The van der Waals surface area contributed by atoms with Crippen LogP contribution >= 0.6 is 0 Å². The maximum Gasteiger partial charge on any atom is 0.309 e. The molecule has 3 unspecified atom stereocenters. The Morgan fingerprint density at radius 1 is 1.04 bits per heavy atom. The first kappa shape index (κ1) is 24.6. The van der Waals surface area contributed by atoms with Crippen molar-refractivity contribution in [2.75, 3.05) is 33.5 Å². The molecule has 1 saturated carbocycles. The molecule has 0 saturated heterocycles. The van der Waals surface area contributed by atoms with E-state index in [1.54, 1.807) is 14.0 Å². The van der Waals surface area contributed by atoms with Gasteiger partial charge < -0.3 is 19.5 Å². The van der Waals surface area contributed by atoms with Crippen molar-refractivity contribution in [3.8, 4) is 0 Å². The predicted octanol–water partition coefficient (Wildman–Crippen LogP) is 2.51. The van der Waals surface area contributed by atoms with E-state index in [1.165, 1.54) is 0 Å². The van der Waals surface area contributed by atoms with Crippen LogP contribution in [0.25, 0.3) is 0 Å². The average Bonchev–Trinajstić information content (AvgIpc) is 2.63. The van der Waals surface area contributed by atoms with Crippen LogP contribution in [0.2, 0.25) is 0 Å². The zero-order valence-corrected chi connectivity index (χ0v) is 17.8. The maximum absolute atomic E-state index is 12.6. The molecule has 0 heterocycles. The Morgan fingerprint density at radius 2 is 1.71 bits per heavy atom. The summed E-state index contributed by atoms with van der Waals surface area (Å²) in [4.78, 5) is 36.8. The zero-order chi connectivity index (χ0) is 20.9. The van der Waals surface area contributed by atoms with E-state index >= 15 is 0 Å². The summed E-state index contributed by atoms with van der Waals surface area (Å²) in [6.45, 7) is 6.69. The molecule has 162 valence electrons. The summed E-state index contributed by atoms with van der Waals surface area (Å²) in [6.07, 6.45) is 4.66. The molecule has 1 aliphatic carbocycles. The first-order chi connectivity index (χ1) is 13.4. The number of ether oxygens (including phenoxy) is 3. The third-order valence-corrected chi connectivity index (χ3v) is 5.41. The van der Waals surface area contributed by atoms with Crippen LogP contribution in [-0.2, 0) is 28.6 Å². The third kappa shape index (κ3) is 9.15. The van der Waals surface area contributed by atoms with Crippen LogP contribution in [0.4, 0.5) is 0 Å². The first-order valence-corrected chi connectivity index (χ1v) is 10.4. The number of ketones is 1. The topological polar surface area (TPSA) is 90.9 Å². The lowest BCUT2D eigenvalue weighted by molar-refractivity contribution is -0.152. The molecule has 0 aromatic heterocycles. The van der Waals surface area contributed by atoms with Crippen molar-refractivity contribution in [2.45, 2.75) is 65.3 Å². The summed E-state index contributed by atoms with van der Waals surface area (Å²) >= 11 is 0. The van der Waals surface area contributed by atoms with Crippen LogP contribution in [0.1, 0.15) is 59.3 Å². The molecular weight excluding hydrogens is 362 g/mol. The van der Waals surface area contributed by atoms with Gasteiger partial charge in [-0.15, -0.1) is 0 Å².